The molecule has 0 saturated heterocycles. The Balaban J connectivity index is 0.00000225. The van der Waals surface area contributed by atoms with Crippen LogP contribution in [0.2, 0.25) is 0 Å². The summed E-state index contributed by atoms with van der Waals surface area (Å²) in [5.41, 5.74) is 6.14. The first-order valence-corrected chi connectivity index (χ1v) is 9.31. The van der Waals surface area contributed by atoms with Crippen LogP contribution in [-0.4, -0.2) is 53.6 Å². The van der Waals surface area contributed by atoms with E-state index in [1.54, 1.807) is 28.4 Å². The molecule has 0 amide bonds. The van der Waals surface area contributed by atoms with Crippen molar-refractivity contribution in [2.75, 3.05) is 49.1 Å². The summed E-state index contributed by atoms with van der Waals surface area (Å²) >= 11 is 0. The van der Waals surface area contributed by atoms with Gasteiger partial charge in [0.2, 0.25) is 0 Å². The Kier molecular flexibility index (Phi) is 5.43. The highest BCUT2D eigenvalue weighted by atomic mass is 35.5. The van der Waals surface area contributed by atoms with Crippen LogP contribution in [0.15, 0.2) is 18.2 Å². The minimum atomic E-state index is 0. The fraction of sp³-hybridized carbons (Fsp3) is 0.455. The lowest BCUT2D eigenvalue weighted by Crippen LogP contribution is -3.00. The van der Waals surface area contributed by atoms with E-state index in [2.05, 4.69) is 26.2 Å². The van der Waals surface area contributed by atoms with E-state index >= 15 is 0 Å². The highest BCUT2D eigenvalue weighted by molar-refractivity contribution is 5.88. The minimum Gasteiger partial charge on any atom is -1.00 e. The predicted octanol–water partition coefficient (Wildman–Crippen LogP) is 0.622. The zero-order chi connectivity index (χ0) is 19.3. The van der Waals surface area contributed by atoms with Gasteiger partial charge in [-0.3, -0.25) is 0 Å². The number of likely N-dealkylation sites (N-methyl/N-ethyl adjacent to an activating group) is 1. The van der Waals surface area contributed by atoms with E-state index in [1.165, 1.54) is 16.7 Å². The number of halogens is 1. The van der Waals surface area contributed by atoms with Crippen LogP contribution in [0.4, 0.5) is 0 Å². The van der Waals surface area contributed by atoms with Crippen molar-refractivity contribution in [1.29, 1.82) is 0 Å². The molecule has 1 aliphatic heterocycles. The van der Waals surface area contributed by atoms with Crippen molar-refractivity contribution >= 4 is 0 Å². The number of hydrogen-bond acceptors (Lipinski definition) is 4. The lowest BCUT2D eigenvalue weighted by Gasteiger charge is -2.46. The molecule has 0 saturated carbocycles. The Morgan fingerprint density at radius 3 is 2.07 bits per heavy atom. The average Bonchev–Trinajstić information content (AvgIpc) is 2.68. The predicted molar refractivity (Wildman–Crippen MR) is 105 cm³/mol. The molecule has 0 aromatic heterocycles. The lowest BCUT2D eigenvalue weighted by molar-refractivity contribution is -0.923. The second-order valence-electron chi connectivity index (χ2n) is 7.87. The minimum absolute atomic E-state index is 0. The SMILES string of the molecule is COc1ccc2c(c1OC)-c1c(OC)c(OC)cc3c1C(C2)[N+](C)(C)CC3.[Cl-]. The topological polar surface area (TPSA) is 36.9 Å². The number of ether oxygens (including phenoxy) is 4. The summed E-state index contributed by atoms with van der Waals surface area (Å²) in [4.78, 5) is 0. The molecular weight excluding hydrogens is 378 g/mol. The molecule has 28 heavy (non-hydrogen) atoms. The molecule has 152 valence electrons. The van der Waals surface area contributed by atoms with Gasteiger partial charge in [0.25, 0.3) is 0 Å². The van der Waals surface area contributed by atoms with E-state index in [0.717, 1.165) is 58.0 Å². The van der Waals surface area contributed by atoms with Crippen molar-refractivity contribution in [2.45, 2.75) is 18.9 Å². The normalized spacial score (nSPS) is 18.3. The van der Waals surface area contributed by atoms with Crippen molar-refractivity contribution < 1.29 is 35.8 Å². The number of quaternary nitrogens is 1. The maximum atomic E-state index is 5.88. The van der Waals surface area contributed by atoms with Crippen LogP contribution in [0.3, 0.4) is 0 Å². The number of methoxy groups -OCH3 is 4. The summed E-state index contributed by atoms with van der Waals surface area (Å²) in [5, 5.41) is 0. The first-order valence-electron chi connectivity index (χ1n) is 9.31. The van der Waals surface area contributed by atoms with Gasteiger partial charge in [-0.1, -0.05) is 6.07 Å². The van der Waals surface area contributed by atoms with Crippen LogP contribution < -0.4 is 31.4 Å². The van der Waals surface area contributed by atoms with E-state index in [1.807, 2.05) is 6.07 Å². The van der Waals surface area contributed by atoms with Gasteiger partial charge in [0.1, 0.15) is 6.04 Å². The largest absolute Gasteiger partial charge is 1.00 e. The fourth-order valence-electron chi connectivity index (χ4n) is 4.78. The molecule has 2 aromatic carbocycles. The van der Waals surface area contributed by atoms with Crippen LogP contribution >= 0.6 is 0 Å². The first kappa shape index (κ1) is 20.6. The zero-order valence-electron chi connectivity index (χ0n) is 17.4. The summed E-state index contributed by atoms with van der Waals surface area (Å²) in [6.07, 6.45) is 1.99. The maximum Gasteiger partial charge on any atom is 0.169 e. The van der Waals surface area contributed by atoms with Gasteiger partial charge in [-0.15, -0.1) is 0 Å². The summed E-state index contributed by atoms with van der Waals surface area (Å²) < 4.78 is 23.9. The van der Waals surface area contributed by atoms with Crippen LogP contribution in [0.25, 0.3) is 11.1 Å². The molecule has 1 heterocycles. The van der Waals surface area contributed by atoms with Gasteiger partial charge >= 0.3 is 0 Å². The molecule has 1 unspecified atom stereocenters. The molecule has 0 radical (unpaired) electrons. The van der Waals surface area contributed by atoms with Crippen molar-refractivity contribution in [2.24, 2.45) is 0 Å². The number of fused-ring (bicyclic) bond motifs is 2. The van der Waals surface area contributed by atoms with Crippen LogP contribution in [-0.2, 0) is 12.8 Å². The molecule has 0 spiro atoms. The van der Waals surface area contributed by atoms with Crippen molar-refractivity contribution in [1.82, 2.24) is 0 Å². The molecule has 1 atom stereocenters. The maximum absolute atomic E-state index is 5.88. The molecule has 0 N–H and O–H groups in total. The Hall–Kier alpha value is -2.11. The monoisotopic (exact) mass is 405 g/mol. The third-order valence-corrected chi connectivity index (χ3v) is 6.23. The van der Waals surface area contributed by atoms with Crippen LogP contribution in [0.5, 0.6) is 23.0 Å². The van der Waals surface area contributed by atoms with E-state index < -0.39 is 0 Å². The number of hydrogen-bond donors (Lipinski definition) is 0. The Labute approximate surface area is 173 Å². The van der Waals surface area contributed by atoms with E-state index in [9.17, 15) is 0 Å². The summed E-state index contributed by atoms with van der Waals surface area (Å²) in [7, 11) is 11.4. The molecule has 2 aliphatic rings. The highest BCUT2D eigenvalue weighted by Gasteiger charge is 2.44. The smallest absolute Gasteiger partial charge is 0.169 e. The third-order valence-electron chi connectivity index (χ3n) is 6.23. The lowest BCUT2D eigenvalue weighted by atomic mass is 9.75. The molecule has 0 bridgehead atoms. The molecular formula is C22H28ClNO4. The van der Waals surface area contributed by atoms with Crippen molar-refractivity contribution in [3.05, 3.63) is 34.9 Å². The van der Waals surface area contributed by atoms with Crippen molar-refractivity contribution in [3.8, 4) is 34.1 Å². The first-order chi connectivity index (χ1) is 13.0. The third kappa shape index (κ3) is 2.80. The number of rotatable bonds is 4. The van der Waals surface area contributed by atoms with E-state index in [-0.39, 0.29) is 12.4 Å². The molecule has 2 aromatic rings. The van der Waals surface area contributed by atoms with E-state index in [0.29, 0.717) is 6.04 Å². The standard InChI is InChI=1S/C22H28NO4.ClH/c1-23(2)10-9-14-12-17(25-4)22(27-6)20-18(14)15(23)11-13-7-8-16(24-3)21(26-5)19(13)20;/h7-8,12,15H,9-11H2,1-6H3;1H/q+1;/p-1. The molecule has 0 fully saturated rings. The van der Waals surface area contributed by atoms with Gasteiger partial charge in [-0.05, 0) is 23.3 Å². The van der Waals surface area contributed by atoms with Gasteiger partial charge in [0.05, 0.1) is 49.1 Å². The van der Waals surface area contributed by atoms with Crippen LogP contribution in [0, 0.1) is 0 Å². The number of nitrogens with zero attached hydrogens (tertiary/aromatic N) is 1. The fourth-order valence-corrected chi connectivity index (χ4v) is 4.78. The molecule has 5 nitrogen and oxygen atoms in total. The molecule has 1 aliphatic carbocycles. The second kappa shape index (κ2) is 7.37. The van der Waals surface area contributed by atoms with Gasteiger partial charge in [0.15, 0.2) is 23.0 Å². The van der Waals surface area contributed by atoms with Crippen LogP contribution in [0.1, 0.15) is 22.7 Å². The summed E-state index contributed by atoms with van der Waals surface area (Å²) in [6, 6.07) is 6.70. The summed E-state index contributed by atoms with van der Waals surface area (Å²) in [5.74, 6) is 3.04. The summed E-state index contributed by atoms with van der Waals surface area (Å²) in [6.45, 7) is 1.11. The Morgan fingerprint density at radius 1 is 0.821 bits per heavy atom. The van der Waals surface area contributed by atoms with Crippen molar-refractivity contribution in [3.63, 3.8) is 0 Å². The Morgan fingerprint density at radius 2 is 1.46 bits per heavy atom. The second-order valence-corrected chi connectivity index (χ2v) is 7.87. The number of benzene rings is 2. The Bertz CT molecular complexity index is 910. The molecule has 6 heteroatoms. The highest BCUT2D eigenvalue weighted by Crippen LogP contribution is 2.57. The van der Waals surface area contributed by atoms with Gasteiger partial charge in [-0.25, -0.2) is 0 Å². The van der Waals surface area contributed by atoms with Gasteiger partial charge < -0.3 is 35.8 Å². The zero-order valence-corrected chi connectivity index (χ0v) is 18.1. The average molecular weight is 406 g/mol. The quantitative estimate of drug-likeness (QED) is 0.699. The molecule has 4 rings (SSSR count). The van der Waals surface area contributed by atoms with Gasteiger partial charge in [0, 0.05) is 29.5 Å². The van der Waals surface area contributed by atoms with E-state index in [4.69, 9.17) is 18.9 Å². The van der Waals surface area contributed by atoms with Gasteiger partial charge in [-0.2, -0.15) is 0 Å².